The minimum absolute atomic E-state index is 0.0529. The smallest absolute Gasteiger partial charge is 0.322 e. The normalized spacial score (nSPS) is 24.9. The predicted molar refractivity (Wildman–Crippen MR) is 117 cm³/mol. The van der Waals surface area contributed by atoms with E-state index in [2.05, 4.69) is 5.32 Å². The van der Waals surface area contributed by atoms with Crippen molar-refractivity contribution in [3.63, 3.8) is 0 Å². The van der Waals surface area contributed by atoms with Gasteiger partial charge in [0.1, 0.15) is 5.82 Å². The fraction of sp³-hybridized carbons (Fsp3) is 0.417. The first kappa shape index (κ1) is 20.9. The minimum atomic E-state index is -0.442. The molecule has 7 nitrogen and oxygen atoms in total. The monoisotopic (exact) mass is 439 g/mol. The molecule has 0 radical (unpaired) electrons. The molecule has 3 heterocycles. The lowest BCUT2D eigenvalue weighted by atomic mass is 9.72. The van der Waals surface area contributed by atoms with Gasteiger partial charge in [-0.3, -0.25) is 4.79 Å². The second kappa shape index (κ2) is 8.52. The number of likely N-dealkylation sites (tertiary alicyclic amines) is 1. The van der Waals surface area contributed by atoms with Crippen LogP contribution in [0.5, 0.6) is 0 Å². The van der Waals surface area contributed by atoms with E-state index in [1.807, 2.05) is 24.3 Å². The van der Waals surface area contributed by atoms with Crippen LogP contribution in [0.2, 0.25) is 0 Å². The summed E-state index contributed by atoms with van der Waals surface area (Å²) in [6.07, 6.45) is 1.38. The number of halogens is 1. The highest BCUT2D eigenvalue weighted by molar-refractivity contribution is 5.98. The summed E-state index contributed by atoms with van der Waals surface area (Å²) in [7, 11) is 0. The Morgan fingerprint density at radius 2 is 1.91 bits per heavy atom. The number of carbonyl (C=O) groups excluding carboxylic acids is 2. The molecule has 0 aliphatic carbocycles. The lowest BCUT2D eigenvalue weighted by Gasteiger charge is -2.58. The third-order valence-electron chi connectivity index (χ3n) is 6.83. The van der Waals surface area contributed by atoms with Crippen molar-refractivity contribution >= 4 is 23.3 Å². The van der Waals surface area contributed by atoms with Crippen LogP contribution in [-0.2, 0) is 9.53 Å². The Morgan fingerprint density at radius 1 is 1.12 bits per heavy atom. The van der Waals surface area contributed by atoms with Crippen molar-refractivity contribution in [2.45, 2.75) is 30.8 Å². The van der Waals surface area contributed by atoms with Crippen molar-refractivity contribution in [3.8, 4) is 0 Å². The van der Waals surface area contributed by atoms with Crippen molar-refractivity contribution in [2.24, 2.45) is 5.92 Å². The van der Waals surface area contributed by atoms with E-state index in [0.717, 1.165) is 11.3 Å². The van der Waals surface area contributed by atoms with Gasteiger partial charge in [0, 0.05) is 43.0 Å². The molecule has 8 heteroatoms. The van der Waals surface area contributed by atoms with Gasteiger partial charge in [-0.25, -0.2) is 9.18 Å². The molecule has 0 aromatic heterocycles. The molecular weight excluding hydrogens is 413 g/mol. The number of amides is 3. The van der Waals surface area contributed by atoms with Crippen LogP contribution in [-0.4, -0.2) is 60.4 Å². The average Bonchev–Trinajstić information content (AvgIpc) is 2.79. The molecule has 0 spiro atoms. The van der Waals surface area contributed by atoms with Gasteiger partial charge in [-0.15, -0.1) is 0 Å². The fourth-order valence-corrected chi connectivity index (χ4v) is 5.29. The summed E-state index contributed by atoms with van der Waals surface area (Å²) in [5.74, 6) is -0.551. The molecule has 2 N–H and O–H groups in total. The predicted octanol–water partition coefficient (Wildman–Crippen LogP) is 2.96. The van der Waals surface area contributed by atoms with Crippen molar-refractivity contribution in [2.75, 3.05) is 36.6 Å². The molecule has 3 aliphatic rings. The highest BCUT2D eigenvalue weighted by atomic mass is 19.1. The third kappa shape index (κ3) is 3.53. The summed E-state index contributed by atoms with van der Waals surface area (Å²) in [4.78, 5) is 29.9. The van der Waals surface area contributed by atoms with Crippen molar-refractivity contribution in [3.05, 3.63) is 59.9 Å². The summed E-state index contributed by atoms with van der Waals surface area (Å²) >= 11 is 0. The molecule has 2 saturated heterocycles. The minimum Gasteiger partial charge on any atom is -0.394 e. The van der Waals surface area contributed by atoms with Crippen LogP contribution in [0.4, 0.5) is 20.6 Å². The fourth-order valence-electron chi connectivity index (χ4n) is 5.29. The number of nitrogens with zero attached hydrogens (tertiary/aromatic N) is 2. The van der Waals surface area contributed by atoms with Crippen LogP contribution in [0.25, 0.3) is 0 Å². The summed E-state index contributed by atoms with van der Waals surface area (Å²) < 4.78 is 19.0. The molecule has 0 unspecified atom stereocenters. The van der Waals surface area contributed by atoms with Gasteiger partial charge in [0.05, 0.1) is 18.7 Å². The van der Waals surface area contributed by atoms with Gasteiger partial charge in [-0.1, -0.05) is 24.3 Å². The number of anilines is 2. The number of aliphatic hydroxyl groups is 1. The Morgan fingerprint density at radius 3 is 2.66 bits per heavy atom. The summed E-state index contributed by atoms with van der Waals surface area (Å²) in [6.45, 7) is 1.32. The Hall–Kier alpha value is -2.97. The average molecular weight is 439 g/mol. The standard InChI is InChI=1S/C24H26FN3O4/c25-16-4-3-5-17(12-16)26-24(31)28-20-13-27(23(30)15-8-10-32-11-9-15)19-7-2-1-6-18(19)22(20)21(28)14-29/h1-7,12,15,20-22,29H,8-11,13-14H2,(H,26,31)/t20-,21+,22+/m0/s1. The first-order chi connectivity index (χ1) is 15.6. The van der Waals surface area contributed by atoms with Crippen molar-refractivity contribution < 1.29 is 23.8 Å². The second-order valence-corrected chi connectivity index (χ2v) is 8.59. The Balaban J connectivity index is 1.43. The lowest BCUT2D eigenvalue weighted by molar-refractivity contribution is -0.126. The zero-order valence-corrected chi connectivity index (χ0v) is 17.6. The summed E-state index contributed by atoms with van der Waals surface area (Å²) in [5, 5.41) is 12.8. The topological polar surface area (TPSA) is 82.1 Å². The zero-order chi connectivity index (χ0) is 22.2. The Labute approximate surface area is 185 Å². The highest BCUT2D eigenvalue weighted by Gasteiger charge is 2.55. The molecule has 3 aliphatic heterocycles. The van der Waals surface area contributed by atoms with Gasteiger partial charge in [0.2, 0.25) is 5.91 Å². The van der Waals surface area contributed by atoms with E-state index in [0.29, 0.717) is 38.3 Å². The van der Waals surface area contributed by atoms with Gasteiger partial charge < -0.3 is 25.0 Å². The maximum Gasteiger partial charge on any atom is 0.322 e. The molecular formula is C24H26FN3O4. The number of aliphatic hydroxyl groups excluding tert-OH is 1. The SMILES string of the molecule is O=C(C1CCOCC1)N1C[C@H]2[C@@H](c3ccccc31)[C@@H](CO)N2C(=O)Nc1cccc(F)c1. The van der Waals surface area contributed by atoms with Crippen LogP contribution in [0.1, 0.15) is 24.3 Å². The van der Waals surface area contributed by atoms with Crippen LogP contribution in [0.3, 0.4) is 0 Å². The van der Waals surface area contributed by atoms with Gasteiger partial charge in [-0.2, -0.15) is 0 Å². The van der Waals surface area contributed by atoms with Crippen molar-refractivity contribution in [1.29, 1.82) is 0 Å². The number of hydrogen-bond acceptors (Lipinski definition) is 4. The number of para-hydroxylation sites is 1. The van der Waals surface area contributed by atoms with E-state index in [4.69, 9.17) is 4.74 Å². The molecule has 5 rings (SSSR count). The molecule has 2 fully saturated rings. The molecule has 0 saturated carbocycles. The van der Waals surface area contributed by atoms with Crippen molar-refractivity contribution in [1.82, 2.24) is 4.90 Å². The molecule has 2 aromatic rings. The van der Waals surface area contributed by atoms with E-state index in [1.54, 1.807) is 15.9 Å². The number of benzene rings is 2. The quantitative estimate of drug-likeness (QED) is 0.771. The lowest BCUT2D eigenvalue weighted by Crippen LogP contribution is -2.71. The number of ether oxygens (including phenoxy) is 1. The van der Waals surface area contributed by atoms with E-state index in [-0.39, 0.29) is 30.4 Å². The van der Waals surface area contributed by atoms with E-state index in [1.165, 1.54) is 18.2 Å². The van der Waals surface area contributed by atoms with Crippen LogP contribution >= 0.6 is 0 Å². The van der Waals surface area contributed by atoms with Gasteiger partial charge >= 0.3 is 6.03 Å². The molecule has 3 atom stereocenters. The van der Waals surface area contributed by atoms with Gasteiger partial charge in [0.15, 0.2) is 0 Å². The van der Waals surface area contributed by atoms with E-state index >= 15 is 0 Å². The number of rotatable bonds is 3. The van der Waals surface area contributed by atoms with Gasteiger partial charge in [0.25, 0.3) is 0 Å². The van der Waals surface area contributed by atoms with Crippen LogP contribution in [0.15, 0.2) is 48.5 Å². The molecule has 2 aromatic carbocycles. The Bertz CT molecular complexity index is 1030. The van der Waals surface area contributed by atoms with Crippen LogP contribution < -0.4 is 10.2 Å². The maximum absolute atomic E-state index is 13.6. The largest absolute Gasteiger partial charge is 0.394 e. The molecule has 168 valence electrons. The molecule has 0 bridgehead atoms. The molecule has 3 amide bonds. The molecule has 32 heavy (non-hydrogen) atoms. The first-order valence-corrected chi connectivity index (χ1v) is 11.0. The van der Waals surface area contributed by atoms with Crippen LogP contribution in [0, 0.1) is 11.7 Å². The number of hydrogen-bond donors (Lipinski definition) is 2. The zero-order valence-electron chi connectivity index (χ0n) is 17.6. The second-order valence-electron chi connectivity index (χ2n) is 8.59. The number of nitrogens with one attached hydrogen (secondary N) is 1. The third-order valence-corrected chi connectivity index (χ3v) is 6.83. The van der Waals surface area contributed by atoms with E-state index < -0.39 is 17.9 Å². The number of fused-ring (bicyclic) bond motifs is 3. The first-order valence-electron chi connectivity index (χ1n) is 11.0. The highest BCUT2D eigenvalue weighted by Crippen LogP contribution is 2.48. The summed E-state index contributed by atoms with van der Waals surface area (Å²) in [5.41, 5.74) is 2.17. The van der Waals surface area contributed by atoms with Gasteiger partial charge in [-0.05, 0) is 42.7 Å². The Kier molecular flexibility index (Phi) is 5.57. The maximum atomic E-state index is 13.6. The van der Waals surface area contributed by atoms with E-state index in [9.17, 15) is 19.1 Å². The summed E-state index contributed by atoms with van der Waals surface area (Å²) in [6, 6.07) is 12.4. The number of urea groups is 1. The number of carbonyl (C=O) groups is 2.